The molecule has 5 nitrogen and oxygen atoms in total. The normalized spacial score (nSPS) is 11.1. The van der Waals surface area contributed by atoms with Crippen molar-refractivity contribution in [3.05, 3.63) is 0 Å². The molecule has 0 unspecified atom stereocenters. The van der Waals surface area contributed by atoms with Crippen LogP contribution < -0.4 is 16.8 Å². The van der Waals surface area contributed by atoms with Gasteiger partial charge < -0.3 is 11.5 Å². The lowest BCUT2D eigenvalue weighted by Crippen LogP contribution is -2.52. The molecular formula is C6H13N3O2. The molecule has 0 bridgehead atoms. The Kier molecular flexibility index (Phi) is 3.00. The molecule has 0 aromatic carbocycles. The minimum absolute atomic E-state index is 0.0457. The minimum Gasteiger partial charge on any atom is -0.369 e. The molecule has 0 saturated carbocycles. The van der Waals surface area contributed by atoms with Crippen molar-refractivity contribution in [2.24, 2.45) is 11.5 Å². The molecule has 0 aliphatic rings. The first kappa shape index (κ1) is 9.90. The summed E-state index contributed by atoms with van der Waals surface area (Å²) in [7, 11) is 0. The first-order chi connectivity index (χ1) is 4.86. The minimum atomic E-state index is -0.880. The van der Waals surface area contributed by atoms with Gasteiger partial charge in [0.1, 0.15) is 0 Å². The molecule has 0 heterocycles. The molecule has 0 aliphatic carbocycles. The Balaban J connectivity index is 3.92. The van der Waals surface area contributed by atoms with Crippen molar-refractivity contribution in [1.29, 1.82) is 0 Å². The Labute approximate surface area is 65.1 Å². The fourth-order valence-electron chi connectivity index (χ4n) is 0.395. The van der Waals surface area contributed by atoms with E-state index in [1.807, 2.05) is 0 Å². The predicted octanol–water partition coefficient (Wildman–Crippen LogP) is -1.67. The molecule has 0 aliphatic heterocycles. The van der Waals surface area contributed by atoms with Gasteiger partial charge >= 0.3 is 0 Å². The van der Waals surface area contributed by atoms with Gasteiger partial charge in [-0.2, -0.15) is 0 Å². The summed E-state index contributed by atoms with van der Waals surface area (Å²) in [6.07, 6.45) is 0. The van der Waals surface area contributed by atoms with Gasteiger partial charge in [0.05, 0.1) is 12.1 Å². The summed E-state index contributed by atoms with van der Waals surface area (Å²) in [5.41, 5.74) is 8.97. The van der Waals surface area contributed by atoms with E-state index in [1.54, 1.807) is 13.8 Å². The van der Waals surface area contributed by atoms with Gasteiger partial charge in [-0.1, -0.05) is 0 Å². The zero-order valence-corrected chi connectivity index (χ0v) is 6.68. The van der Waals surface area contributed by atoms with Crippen molar-refractivity contribution in [3.8, 4) is 0 Å². The lowest BCUT2D eigenvalue weighted by atomic mass is 10.1. The van der Waals surface area contributed by atoms with E-state index < -0.39 is 17.4 Å². The fraction of sp³-hybridized carbons (Fsp3) is 0.667. The van der Waals surface area contributed by atoms with E-state index in [0.29, 0.717) is 0 Å². The Hall–Kier alpha value is -1.10. The van der Waals surface area contributed by atoms with Crippen molar-refractivity contribution in [3.63, 3.8) is 0 Å². The smallest absolute Gasteiger partial charge is 0.237 e. The molecule has 0 aromatic heterocycles. The maximum Gasteiger partial charge on any atom is 0.237 e. The third kappa shape index (κ3) is 3.57. The van der Waals surface area contributed by atoms with Crippen molar-refractivity contribution < 1.29 is 9.59 Å². The molecule has 0 spiro atoms. The second-order valence-corrected chi connectivity index (χ2v) is 2.81. The predicted molar refractivity (Wildman–Crippen MR) is 40.5 cm³/mol. The van der Waals surface area contributed by atoms with Crippen LogP contribution in [-0.2, 0) is 9.59 Å². The molecule has 2 amide bonds. The molecular weight excluding hydrogens is 146 g/mol. The molecule has 5 N–H and O–H groups in total. The summed E-state index contributed by atoms with van der Waals surface area (Å²) in [6, 6.07) is 0. The number of amides is 2. The maximum atomic E-state index is 10.6. The molecule has 64 valence electrons. The monoisotopic (exact) mass is 159 g/mol. The van der Waals surface area contributed by atoms with Gasteiger partial charge in [0.25, 0.3) is 0 Å². The van der Waals surface area contributed by atoms with Crippen LogP contribution in [0.15, 0.2) is 0 Å². The first-order valence-corrected chi connectivity index (χ1v) is 3.19. The number of primary amides is 2. The Morgan fingerprint density at radius 2 is 1.82 bits per heavy atom. The highest BCUT2D eigenvalue weighted by Gasteiger charge is 2.23. The van der Waals surface area contributed by atoms with Gasteiger partial charge in [-0.05, 0) is 13.8 Å². The average Bonchev–Trinajstić information content (AvgIpc) is 1.84. The van der Waals surface area contributed by atoms with E-state index in [0.717, 1.165) is 0 Å². The lowest BCUT2D eigenvalue weighted by molar-refractivity contribution is -0.123. The van der Waals surface area contributed by atoms with Crippen LogP contribution >= 0.6 is 0 Å². The van der Waals surface area contributed by atoms with Crippen LogP contribution in [0.4, 0.5) is 0 Å². The third-order valence-electron chi connectivity index (χ3n) is 1.32. The van der Waals surface area contributed by atoms with Gasteiger partial charge in [0.2, 0.25) is 11.8 Å². The number of hydrogen-bond donors (Lipinski definition) is 3. The first-order valence-electron chi connectivity index (χ1n) is 3.19. The zero-order chi connectivity index (χ0) is 9.07. The largest absolute Gasteiger partial charge is 0.369 e. The quantitative estimate of drug-likeness (QED) is 0.457. The van der Waals surface area contributed by atoms with Gasteiger partial charge in [-0.3, -0.25) is 14.9 Å². The average molecular weight is 159 g/mol. The molecule has 5 heteroatoms. The van der Waals surface area contributed by atoms with Crippen LogP contribution in [0, 0.1) is 0 Å². The lowest BCUT2D eigenvalue weighted by Gasteiger charge is -2.20. The van der Waals surface area contributed by atoms with E-state index in [1.165, 1.54) is 0 Å². The molecule has 0 saturated heterocycles. The van der Waals surface area contributed by atoms with Crippen LogP contribution in [0.2, 0.25) is 0 Å². The summed E-state index contributed by atoms with van der Waals surface area (Å²) in [5, 5.41) is 2.61. The van der Waals surface area contributed by atoms with Crippen molar-refractivity contribution in [2.45, 2.75) is 19.4 Å². The molecule has 0 atom stereocenters. The number of rotatable bonds is 4. The van der Waals surface area contributed by atoms with Gasteiger partial charge in [0, 0.05) is 0 Å². The maximum absolute atomic E-state index is 10.6. The van der Waals surface area contributed by atoms with Crippen LogP contribution in [0.25, 0.3) is 0 Å². The van der Waals surface area contributed by atoms with Crippen molar-refractivity contribution in [1.82, 2.24) is 5.32 Å². The van der Waals surface area contributed by atoms with Gasteiger partial charge in [-0.25, -0.2) is 0 Å². The topological polar surface area (TPSA) is 98.2 Å². The molecule has 0 radical (unpaired) electrons. The summed E-state index contributed by atoms with van der Waals surface area (Å²) in [6.45, 7) is 3.12. The summed E-state index contributed by atoms with van der Waals surface area (Å²) < 4.78 is 0. The van der Waals surface area contributed by atoms with Gasteiger partial charge in [0.15, 0.2) is 0 Å². The van der Waals surface area contributed by atoms with Crippen LogP contribution in [0.3, 0.4) is 0 Å². The van der Waals surface area contributed by atoms with Crippen molar-refractivity contribution in [2.75, 3.05) is 6.54 Å². The molecule has 0 rings (SSSR count). The van der Waals surface area contributed by atoms with Crippen LogP contribution in [0.5, 0.6) is 0 Å². The molecule has 0 fully saturated rings. The highest BCUT2D eigenvalue weighted by molar-refractivity contribution is 5.84. The van der Waals surface area contributed by atoms with E-state index in [4.69, 9.17) is 11.5 Å². The second kappa shape index (κ2) is 3.34. The van der Waals surface area contributed by atoms with Crippen LogP contribution in [-0.4, -0.2) is 23.9 Å². The number of carbonyl (C=O) groups is 2. The van der Waals surface area contributed by atoms with E-state index in [2.05, 4.69) is 5.32 Å². The highest BCUT2D eigenvalue weighted by atomic mass is 16.2. The van der Waals surface area contributed by atoms with Crippen LogP contribution in [0.1, 0.15) is 13.8 Å². The summed E-state index contributed by atoms with van der Waals surface area (Å²) >= 11 is 0. The second-order valence-electron chi connectivity index (χ2n) is 2.81. The summed E-state index contributed by atoms with van der Waals surface area (Å²) in [4.78, 5) is 20.9. The Bertz CT molecular complexity index is 177. The van der Waals surface area contributed by atoms with E-state index in [9.17, 15) is 9.59 Å². The molecule has 11 heavy (non-hydrogen) atoms. The SMILES string of the molecule is CC(C)(NCC(N)=O)C(N)=O. The highest BCUT2D eigenvalue weighted by Crippen LogP contribution is 1.98. The van der Waals surface area contributed by atoms with Gasteiger partial charge in [-0.15, -0.1) is 0 Å². The van der Waals surface area contributed by atoms with E-state index in [-0.39, 0.29) is 6.54 Å². The number of hydrogen-bond acceptors (Lipinski definition) is 3. The Morgan fingerprint density at radius 3 is 2.09 bits per heavy atom. The number of carbonyl (C=O) groups excluding carboxylic acids is 2. The zero-order valence-electron chi connectivity index (χ0n) is 6.68. The van der Waals surface area contributed by atoms with E-state index >= 15 is 0 Å². The van der Waals surface area contributed by atoms with Crippen molar-refractivity contribution >= 4 is 11.8 Å². The number of nitrogens with one attached hydrogen (secondary N) is 1. The Morgan fingerprint density at radius 1 is 1.36 bits per heavy atom. The fourth-order valence-corrected chi connectivity index (χ4v) is 0.395. The molecule has 0 aromatic rings. The third-order valence-corrected chi connectivity index (χ3v) is 1.32. The standard InChI is InChI=1S/C6H13N3O2/c1-6(2,5(8)11)9-3-4(7)10/h9H,3H2,1-2H3,(H2,7,10)(H2,8,11). The summed E-state index contributed by atoms with van der Waals surface area (Å²) in [5.74, 6) is -1.03. The number of nitrogens with two attached hydrogens (primary N) is 2.